The minimum atomic E-state index is -0.144. The fraction of sp³-hybridized carbons (Fsp3) is 0.909. The summed E-state index contributed by atoms with van der Waals surface area (Å²) in [5.41, 5.74) is -0.144. The first-order valence-electron chi connectivity index (χ1n) is 5.84. The van der Waals surface area contributed by atoms with Crippen LogP contribution in [-0.2, 0) is 4.74 Å². The fourth-order valence-electron chi connectivity index (χ4n) is 2.20. The van der Waals surface area contributed by atoms with Gasteiger partial charge in [-0.05, 0) is 32.6 Å². The molecule has 2 heterocycles. The Labute approximate surface area is 91.0 Å². The Kier molecular flexibility index (Phi) is 3.14. The second-order valence-electron chi connectivity index (χ2n) is 4.84. The van der Waals surface area contributed by atoms with Crippen LogP contribution in [0.5, 0.6) is 0 Å². The van der Waals surface area contributed by atoms with Gasteiger partial charge in [0.2, 0.25) is 0 Å². The van der Waals surface area contributed by atoms with Crippen molar-refractivity contribution in [3.05, 3.63) is 0 Å². The Balaban J connectivity index is 1.85. The Bertz CT molecular complexity index is 231. The topological polar surface area (TPSA) is 41.6 Å². The van der Waals surface area contributed by atoms with E-state index in [0.717, 1.165) is 39.0 Å². The third kappa shape index (κ3) is 2.62. The first-order chi connectivity index (χ1) is 7.20. The van der Waals surface area contributed by atoms with Crippen LogP contribution in [0.3, 0.4) is 0 Å². The molecule has 1 N–H and O–H groups in total. The maximum Gasteiger partial charge on any atom is 0.317 e. The summed E-state index contributed by atoms with van der Waals surface area (Å²) in [7, 11) is 0. The molecule has 2 rings (SSSR count). The standard InChI is InChI=1S/C11H20N2O2/c1-11(5-8-15-9-11)12-10(14)13-6-3-2-4-7-13/h2-9H2,1H3,(H,12,14). The molecule has 0 bridgehead atoms. The number of hydrogen-bond acceptors (Lipinski definition) is 2. The number of nitrogens with one attached hydrogen (secondary N) is 1. The number of likely N-dealkylation sites (tertiary alicyclic amines) is 1. The molecule has 4 heteroatoms. The minimum absolute atomic E-state index is 0.0858. The lowest BCUT2D eigenvalue weighted by molar-refractivity contribution is 0.154. The molecule has 2 amide bonds. The lowest BCUT2D eigenvalue weighted by Crippen LogP contribution is -2.53. The van der Waals surface area contributed by atoms with Gasteiger partial charge in [-0.2, -0.15) is 0 Å². The zero-order chi connectivity index (χ0) is 10.7. The molecule has 2 saturated heterocycles. The zero-order valence-electron chi connectivity index (χ0n) is 9.42. The highest BCUT2D eigenvalue weighted by Gasteiger charge is 2.32. The van der Waals surface area contributed by atoms with Crippen molar-refractivity contribution in [1.29, 1.82) is 0 Å². The third-order valence-corrected chi connectivity index (χ3v) is 3.27. The lowest BCUT2D eigenvalue weighted by atomic mass is 10.0. The van der Waals surface area contributed by atoms with Crippen LogP contribution < -0.4 is 5.32 Å². The van der Waals surface area contributed by atoms with E-state index in [9.17, 15) is 4.79 Å². The van der Waals surface area contributed by atoms with Crippen LogP contribution in [0, 0.1) is 0 Å². The van der Waals surface area contributed by atoms with Gasteiger partial charge < -0.3 is 15.0 Å². The maximum absolute atomic E-state index is 11.9. The number of hydrogen-bond donors (Lipinski definition) is 1. The predicted molar refractivity (Wildman–Crippen MR) is 57.8 cm³/mol. The van der Waals surface area contributed by atoms with Crippen molar-refractivity contribution in [2.24, 2.45) is 0 Å². The lowest BCUT2D eigenvalue weighted by Gasteiger charge is -2.31. The molecule has 2 aliphatic heterocycles. The van der Waals surface area contributed by atoms with Crippen LogP contribution in [0.4, 0.5) is 4.79 Å². The van der Waals surface area contributed by atoms with E-state index in [-0.39, 0.29) is 11.6 Å². The molecule has 0 saturated carbocycles. The number of rotatable bonds is 1. The molecule has 1 unspecified atom stereocenters. The average Bonchev–Trinajstić information content (AvgIpc) is 2.66. The quantitative estimate of drug-likeness (QED) is 0.713. The molecule has 0 radical (unpaired) electrons. The highest BCUT2D eigenvalue weighted by Crippen LogP contribution is 2.18. The summed E-state index contributed by atoms with van der Waals surface area (Å²) in [6.07, 6.45) is 4.46. The SMILES string of the molecule is CC1(NC(=O)N2CCCCC2)CCOC1. The van der Waals surface area contributed by atoms with Crippen molar-refractivity contribution in [2.45, 2.75) is 38.1 Å². The smallest absolute Gasteiger partial charge is 0.317 e. The average molecular weight is 212 g/mol. The summed E-state index contributed by atoms with van der Waals surface area (Å²) in [4.78, 5) is 13.8. The predicted octanol–water partition coefficient (Wildman–Crippen LogP) is 1.36. The molecule has 2 aliphatic rings. The second-order valence-corrected chi connectivity index (χ2v) is 4.84. The number of carbonyl (C=O) groups excluding carboxylic acids is 1. The highest BCUT2D eigenvalue weighted by molar-refractivity contribution is 5.75. The summed E-state index contributed by atoms with van der Waals surface area (Å²) in [6, 6.07) is 0.0858. The van der Waals surface area contributed by atoms with E-state index in [1.165, 1.54) is 6.42 Å². The van der Waals surface area contributed by atoms with Gasteiger partial charge in [-0.25, -0.2) is 4.79 Å². The summed E-state index contributed by atoms with van der Waals surface area (Å²) < 4.78 is 5.32. The largest absolute Gasteiger partial charge is 0.379 e. The number of carbonyl (C=O) groups is 1. The first kappa shape index (κ1) is 10.7. The molecular weight excluding hydrogens is 192 g/mol. The van der Waals surface area contributed by atoms with Crippen molar-refractivity contribution < 1.29 is 9.53 Å². The van der Waals surface area contributed by atoms with Gasteiger partial charge >= 0.3 is 6.03 Å². The van der Waals surface area contributed by atoms with Crippen LogP contribution in [0.2, 0.25) is 0 Å². The molecular formula is C11H20N2O2. The van der Waals surface area contributed by atoms with Gasteiger partial charge in [0.25, 0.3) is 0 Å². The Hall–Kier alpha value is -0.770. The van der Waals surface area contributed by atoms with Crippen molar-refractivity contribution in [1.82, 2.24) is 10.2 Å². The van der Waals surface area contributed by atoms with E-state index in [2.05, 4.69) is 12.2 Å². The van der Waals surface area contributed by atoms with Crippen LogP contribution in [0.15, 0.2) is 0 Å². The molecule has 15 heavy (non-hydrogen) atoms. The Morgan fingerprint density at radius 2 is 2.07 bits per heavy atom. The number of amides is 2. The monoisotopic (exact) mass is 212 g/mol. The minimum Gasteiger partial charge on any atom is -0.379 e. The Morgan fingerprint density at radius 3 is 2.67 bits per heavy atom. The number of ether oxygens (including phenoxy) is 1. The van der Waals surface area contributed by atoms with E-state index in [1.807, 2.05) is 4.90 Å². The summed E-state index contributed by atoms with van der Waals surface area (Å²) in [5.74, 6) is 0. The fourth-order valence-corrected chi connectivity index (χ4v) is 2.20. The van der Waals surface area contributed by atoms with Crippen molar-refractivity contribution in [3.8, 4) is 0 Å². The van der Waals surface area contributed by atoms with Crippen LogP contribution in [0.25, 0.3) is 0 Å². The maximum atomic E-state index is 11.9. The van der Waals surface area contributed by atoms with E-state index in [4.69, 9.17) is 4.74 Å². The van der Waals surface area contributed by atoms with Gasteiger partial charge in [0.05, 0.1) is 12.1 Å². The molecule has 0 aliphatic carbocycles. The van der Waals surface area contributed by atoms with Gasteiger partial charge in [0.15, 0.2) is 0 Å². The molecule has 0 aromatic heterocycles. The third-order valence-electron chi connectivity index (χ3n) is 3.27. The molecule has 1 atom stereocenters. The van der Waals surface area contributed by atoms with E-state index in [0.29, 0.717) is 6.61 Å². The molecule has 0 aromatic carbocycles. The molecule has 86 valence electrons. The van der Waals surface area contributed by atoms with Crippen LogP contribution in [-0.4, -0.2) is 42.8 Å². The van der Waals surface area contributed by atoms with Crippen LogP contribution >= 0.6 is 0 Å². The highest BCUT2D eigenvalue weighted by atomic mass is 16.5. The molecule has 2 fully saturated rings. The molecule has 0 aromatic rings. The van der Waals surface area contributed by atoms with Gasteiger partial charge in [0.1, 0.15) is 0 Å². The summed E-state index contributed by atoms with van der Waals surface area (Å²) in [5, 5.41) is 3.09. The number of urea groups is 1. The molecule has 4 nitrogen and oxygen atoms in total. The Morgan fingerprint density at radius 1 is 1.33 bits per heavy atom. The second kappa shape index (κ2) is 4.39. The van der Waals surface area contributed by atoms with Crippen molar-refractivity contribution >= 4 is 6.03 Å². The van der Waals surface area contributed by atoms with E-state index in [1.54, 1.807) is 0 Å². The van der Waals surface area contributed by atoms with Gasteiger partial charge in [-0.1, -0.05) is 0 Å². The van der Waals surface area contributed by atoms with E-state index < -0.39 is 0 Å². The van der Waals surface area contributed by atoms with Crippen molar-refractivity contribution in [3.63, 3.8) is 0 Å². The zero-order valence-corrected chi connectivity index (χ0v) is 9.42. The van der Waals surface area contributed by atoms with Gasteiger partial charge in [-0.3, -0.25) is 0 Å². The van der Waals surface area contributed by atoms with Gasteiger partial charge in [-0.15, -0.1) is 0 Å². The van der Waals surface area contributed by atoms with Gasteiger partial charge in [0, 0.05) is 19.7 Å². The number of piperidine rings is 1. The van der Waals surface area contributed by atoms with Crippen LogP contribution in [0.1, 0.15) is 32.6 Å². The summed E-state index contributed by atoms with van der Waals surface area (Å²) in [6.45, 7) is 5.27. The molecule has 0 spiro atoms. The van der Waals surface area contributed by atoms with Crippen molar-refractivity contribution in [2.75, 3.05) is 26.3 Å². The normalized spacial score (nSPS) is 31.7. The first-order valence-corrected chi connectivity index (χ1v) is 5.84. The number of nitrogens with zero attached hydrogens (tertiary/aromatic N) is 1. The summed E-state index contributed by atoms with van der Waals surface area (Å²) >= 11 is 0. The van der Waals surface area contributed by atoms with E-state index >= 15 is 0 Å².